The number of amides is 3. The number of carbonyl (C=O) groups is 3. The summed E-state index contributed by atoms with van der Waals surface area (Å²) in [6.45, 7) is 10.4. The first-order chi connectivity index (χ1) is 20.9. The average Bonchev–Trinajstić information content (AvgIpc) is 3.59. The Labute approximate surface area is 267 Å². The third-order valence-corrected chi connectivity index (χ3v) is 9.40. The number of β-amino-alcohol motifs (C(OH)–C–C–N with tert-alkyl or cyclic N) is 1. The van der Waals surface area contributed by atoms with Gasteiger partial charge in [0.05, 0.1) is 28.2 Å². The second-order valence-electron chi connectivity index (χ2n) is 13.2. The lowest BCUT2D eigenvalue weighted by Gasteiger charge is -2.35. The van der Waals surface area contributed by atoms with Crippen molar-refractivity contribution in [2.75, 3.05) is 13.1 Å². The molecule has 2 heterocycles. The number of nitrogens with one attached hydrogen (secondary N) is 2. The predicted octanol–water partition coefficient (Wildman–Crippen LogP) is 5.26. The molecule has 1 aliphatic heterocycles. The first-order valence-corrected chi connectivity index (χ1v) is 17.1. The van der Waals surface area contributed by atoms with Gasteiger partial charge in [-0.3, -0.25) is 14.4 Å². The fourth-order valence-corrected chi connectivity index (χ4v) is 6.55. The fraction of sp³-hybridized carbons (Fsp3) is 0.647. The van der Waals surface area contributed by atoms with E-state index in [1.165, 1.54) is 24.2 Å². The van der Waals surface area contributed by atoms with Gasteiger partial charge in [0.2, 0.25) is 17.7 Å². The largest absolute Gasteiger partial charge is 0.391 e. The van der Waals surface area contributed by atoms with Gasteiger partial charge in [0, 0.05) is 19.4 Å². The van der Waals surface area contributed by atoms with Crippen LogP contribution in [0.1, 0.15) is 109 Å². The molecule has 4 atom stereocenters. The molecule has 1 aromatic carbocycles. The molecule has 244 valence electrons. The Morgan fingerprint density at radius 1 is 1.02 bits per heavy atom. The molecule has 3 rings (SSSR count). The molecular weight excluding hydrogens is 574 g/mol. The van der Waals surface area contributed by atoms with Crippen molar-refractivity contribution >= 4 is 29.1 Å². The number of hydrogen-bond donors (Lipinski definition) is 4. The van der Waals surface area contributed by atoms with Gasteiger partial charge in [-0.1, -0.05) is 83.6 Å². The second kappa shape index (κ2) is 17.0. The number of nitrogens with two attached hydrogens (primary N) is 1. The molecule has 0 saturated carbocycles. The molecule has 1 aliphatic rings. The van der Waals surface area contributed by atoms with Gasteiger partial charge < -0.3 is 26.4 Å². The lowest BCUT2D eigenvalue weighted by Crippen LogP contribution is -2.57. The first kappa shape index (κ1) is 35.7. The van der Waals surface area contributed by atoms with E-state index in [1.54, 1.807) is 11.3 Å². The summed E-state index contributed by atoms with van der Waals surface area (Å²) in [5.74, 6) is -0.809. The number of aryl methyl sites for hydroxylation is 1. The third kappa shape index (κ3) is 10.4. The Balaban J connectivity index is 1.56. The molecule has 1 fully saturated rings. The molecule has 0 aliphatic carbocycles. The molecule has 44 heavy (non-hydrogen) atoms. The number of carbonyl (C=O) groups excluding carboxylic acids is 3. The summed E-state index contributed by atoms with van der Waals surface area (Å²) >= 11 is 1.59. The van der Waals surface area contributed by atoms with Crippen molar-refractivity contribution in [3.8, 4) is 10.4 Å². The van der Waals surface area contributed by atoms with Crippen molar-refractivity contribution in [1.29, 1.82) is 0 Å². The second-order valence-corrected chi connectivity index (χ2v) is 14.1. The lowest BCUT2D eigenvalue weighted by molar-refractivity contribution is -0.144. The minimum atomic E-state index is -0.814. The summed E-state index contributed by atoms with van der Waals surface area (Å²) in [5.41, 5.74) is 9.80. The molecule has 1 saturated heterocycles. The van der Waals surface area contributed by atoms with Gasteiger partial charge in [-0.2, -0.15) is 0 Å². The summed E-state index contributed by atoms with van der Waals surface area (Å²) in [7, 11) is 0. The Hall–Kier alpha value is -2.82. The van der Waals surface area contributed by atoms with Crippen molar-refractivity contribution < 1.29 is 19.5 Å². The summed E-state index contributed by atoms with van der Waals surface area (Å²) in [6.07, 6.45) is 8.37. The molecule has 9 nitrogen and oxygen atoms in total. The van der Waals surface area contributed by atoms with Gasteiger partial charge in [0.25, 0.3) is 0 Å². The number of aliphatic hydroxyl groups excluding tert-OH is 1. The van der Waals surface area contributed by atoms with E-state index in [0.29, 0.717) is 6.42 Å². The zero-order valence-corrected chi connectivity index (χ0v) is 28.0. The van der Waals surface area contributed by atoms with Crippen LogP contribution in [0.25, 0.3) is 10.4 Å². The molecule has 2 aromatic rings. The highest BCUT2D eigenvalue weighted by Gasteiger charge is 2.44. The monoisotopic (exact) mass is 627 g/mol. The van der Waals surface area contributed by atoms with Crippen LogP contribution in [0.15, 0.2) is 29.8 Å². The van der Waals surface area contributed by atoms with E-state index >= 15 is 0 Å². The summed E-state index contributed by atoms with van der Waals surface area (Å²) < 4.78 is 0. The van der Waals surface area contributed by atoms with Gasteiger partial charge in [0.1, 0.15) is 12.1 Å². The van der Waals surface area contributed by atoms with Crippen LogP contribution in [0.4, 0.5) is 0 Å². The fourth-order valence-electron chi connectivity index (χ4n) is 5.74. The van der Waals surface area contributed by atoms with Gasteiger partial charge in [-0.25, -0.2) is 4.98 Å². The van der Waals surface area contributed by atoms with E-state index in [1.807, 2.05) is 64.4 Å². The number of aromatic nitrogens is 1. The Morgan fingerprint density at radius 2 is 1.64 bits per heavy atom. The molecular formula is C34H53N5O4S. The Morgan fingerprint density at radius 3 is 2.20 bits per heavy atom. The third-order valence-electron chi connectivity index (χ3n) is 8.42. The SMILES string of the molecule is Cc1ncsc1-c1ccc([C@H](C)NC(=O)[C@H]2C[C@H](O)CN2C(=O)C(NC(=O)CCCCCCCCCCN)C(C)(C)C)cc1. The minimum absolute atomic E-state index is 0.0575. The van der Waals surface area contributed by atoms with E-state index < -0.39 is 23.6 Å². The van der Waals surface area contributed by atoms with Crippen molar-refractivity contribution in [2.24, 2.45) is 11.1 Å². The van der Waals surface area contributed by atoms with E-state index in [-0.39, 0.29) is 36.7 Å². The number of thiazole rings is 1. The topological polar surface area (TPSA) is 138 Å². The zero-order chi connectivity index (χ0) is 32.3. The van der Waals surface area contributed by atoms with Crippen LogP contribution < -0.4 is 16.4 Å². The average molecular weight is 628 g/mol. The molecule has 0 radical (unpaired) electrons. The van der Waals surface area contributed by atoms with Gasteiger partial charge in [-0.15, -0.1) is 11.3 Å². The Bertz CT molecular complexity index is 1210. The maximum atomic E-state index is 13.9. The van der Waals surface area contributed by atoms with E-state index in [2.05, 4.69) is 15.6 Å². The summed E-state index contributed by atoms with van der Waals surface area (Å²) in [4.78, 5) is 47.1. The van der Waals surface area contributed by atoms with Crippen LogP contribution in [0.2, 0.25) is 0 Å². The number of unbranched alkanes of at least 4 members (excludes halogenated alkanes) is 7. The summed E-state index contributed by atoms with van der Waals surface area (Å²) in [6, 6.07) is 6.10. The highest BCUT2D eigenvalue weighted by molar-refractivity contribution is 7.13. The number of benzene rings is 1. The number of likely N-dealkylation sites (tertiary alicyclic amines) is 1. The van der Waals surface area contributed by atoms with Crippen LogP contribution >= 0.6 is 11.3 Å². The van der Waals surface area contributed by atoms with E-state index in [0.717, 1.165) is 60.3 Å². The van der Waals surface area contributed by atoms with Crippen LogP contribution in [0, 0.1) is 12.3 Å². The molecule has 1 aromatic heterocycles. The number of nitrogens with zero attached hydrogens (tertiary/aromatic N) is 2. The standard InChI is InChI=1S/C34H53N5O4S/c1-23(25-15-17-26(18-16-25)30-24(2)36-22-44-30)37-32(42)28-20-27(40)21-39(28)33(43)31(34(3,4)5)38-29(41)14-12-10-8-6-7-9-11-13-19-35/h15-18,22-23,27-28,31,40H,6-14,19-21,35H2,1-5H3,(H,37,42)(H,38,41)/t23-,27-,28+,31?/m0/s1. The molecule has 0 bridgehead atoms. The van der Waals surface area contributed by atoms with E-state index in [4.69, 9.17) is 5.73 Å². The lowest BCUT2D eigenvalue weighted by atomic mass is 9.85. The highest BCUT2D eigenvalue weighted by Crippen LogP contribution is 2.29. The van der Waals surface area contributed by atoms with Crippen LogP contribution in [0.3, 0.4) is 0 Å². The normalized spacial score (nSPS) is 18.2. The maximum Gasteiger partial charge on any atom is 0.246 e. The molecule has 5 N–H and O–H groups in total. The van der Waals surface area contributed by atoms with Gasteiger partial charge >= 0.3 is 0 Å². The van der Waals surface area contributed by atoms with Crippen LogP contribution in [-0.4, -0.2) is 64.0 Å². The smallest absolute Gasteiger partial charge is 0.246 e. The van der Waals surface area contributed by atoms with Crippen LogP contribution in [-0.2, 0) is 14.4 Å². The number of aliphatic hydroxyl groups is 1. The van der Waals surface area contributed by atoms with Gasteiger partial charge in [-0.05, 0) is 49.8 Å². The predicted molar refractivity (Wildman–Crippen MR) is 177 cm³/mol. The quantitative estimate of drug-likeness (QED) is 0.188. The Kier molecular flexibility index (Phi) is 13.8. The maximum absolute atomic E-state index is 13.9. The molecule has 3 amide bonds. The number of hydrogen-bond acceptors (Lipinski definition) is 7. The minimum Gasteiger partial charge on any atom is -0.391 e. The molecule has 1 unspecified atom stereocenters. The van der Waals surface area contributed by atoms with Crippen molar-refractivity contribution in [1.82, 2.24) is 20.5 Å². The molecule has 0 spiro atoms. The highest BCUT2D eigenvalue weighted by atomic mass is 32.1. The first-order valence-electron chi connectivity index (χ1n) is 16.2. The van der Waals surface area contributed by atoms with Gasteiger partial charge in [0.15, 0.2) is 0 Å². The zero-order valence-electron chi connectivity index (χ0n) is 27.2. The summed E-state index contributed by atoms with van der Waals surface area (Å²) in [5, 5.41) is 16.5. The van der Waals surface area contributed by atoms with E-state index in [9.17, 15) is 19.5 Å². The molecule has 10 heteroatoms. The van der Waals surface area contributed by atoms with Crippen molar-refractivity contribution in [3.05, 3.63) is 41.0 Å². The van der Waals surface area contributed by atoms with Crippen LogP contribution in [0.5, 0.6) is 0 Å². The van der Waals surface area contributed by atoms with Crippen molar-refractivity contribution in [2.45, 2.75) is 123 Å². The van der Waals surface area contributed by atoms with Crippen molar-refractivity contribution in [3.63, 3.8) is 0 Å². The number of rotatable bonds is 16.